The normalized spacial score (nSPS) is 11.1. The molecule has 8 heteroatoms. The maximum absolute atomic E-state index is 5.55. The zero-order valence-corrected chi connectivity index (χ0v) is 18.8. The zero-order valence-electron chi connectivity index (χ0n) is 16.4. The molecule has 2 N–H and O–H groups in total. The first-order valence-electron chi connectivity index (χ1n) is 9.22. The van der Waals surface area contributed by atoms with Crippen LogP contribution in [-0.4, -0.2) is 47.3 Å². The molecule has 2 heterocycles. The van der Waals surface area contributed by atoms with Crippen molar-refractivity contribution in [2.45, 2.75) is 39.7 Å². The van der Waals surface area contributed by atoms with Crippen LogP contribution >= 0.6 is 24.0 Å². The van der Waals surface area contributed by atoms with Crippen molar-refractivity contribution >= 4 is 29.9 Å². The van der Waals surface area contributed by atoms with E-state index in [1.807, 2.05) is 30.0 Å². The predicted molar refractivity (Wildman–Crippen MR) is 120 cm³/mol. The summed E-state index contributed by atoms with van der Waals surface area (Å²) < 4.78 is 7.51. The molecule has 150 valence electrons. The van der Waals surface area contributed by atoms with Crippen LogP contribution in [0.3, 0.4) is 0 Å². The summed E-state index contributed by atoms with van der Waals surface area (Å²) in [5.41, 5.74) is 1.09. The molecule has 0 atom stereocenters. The highest BCUT2D eigenvalue weighted by molar-refractivity contribution is 14.0. The van der Waals surface area contributed by atoms with Gasteiger partial charge in [-0.05, 0) is 31.4 Å². The Bertz CT molecular complexity index is 671. The lowest BCUT2D eigenvalue weighted by molar-refractivity contribution is 0.129. The van der Waals surface area contributed by atoms with Crippen LogP contribution < -0.4 is 10.6 Å². The average molecular weight is 486 g/mol. The largest absolute Gasteiger partial charge is 0.381 e. The van der Waals surface area contributed by atoms with Crippen molar-refractivity contribution in [1.82, 2.24) is 25.2 Å². The molecule has 0 saturated carbocycles. The highest BCUT2D eigenvalue weighted by Gasteiger charge is 2.03. The van der Waals surface area contributed by atoms with E-state index in [2.05, 4.69) is 38.6 Å². The number of nitrogens with one attached hydrogen (secondary N) is 2. The van der Waals surface area contributed by atoms with Crippen molar-refractivity contribution in [3.63, 3.8) is 0 Å². The number of imidazole rings is 1. The lowest BCUT2D eigenvalue weighted by Crippen LogP contribution is -2.37. The number of unbranched alkanes of at least 4 members (excludes halogenated alkanes) is 1. The Labute approximate surface area is 179 Å². The summed E-state index contributed by atoms with van der Waals surface area (Å²) in [5.74, 6) is 2.58. The van der Waals surface area contributed by atoms with E-state index >= 15 is 0 Å². The van der Waals surface area contributed by atoms with Gasteiger partial charge < -0.3 is 15.4 Å². The molecule has 0 aliphatic heterocycles. The molecule has 2 rings (SSSR count). The molecule has 0 radical (unpaired) electrons. The molecular weight excluding hydrogens is 455 g/mol. The second kappa shape index (κ2) is 13.5. The van der Waals surface area contributed by atoms with Gasteiger partial charge in [0.2, 0.25) is 0 Å². The van der Waals surface area contributed by atoms with Crippen LogP contribution in [-0.2, 0) is 11.3 Å². The quantitative estimate of drug-likeness (QED) is 0.234. The summed E-state index contributed by atoms with van der Waals surface area (Å²) in [7, 11) is 1.77. The van der Waals surface area contributed by atoms with Crippen LogP contribution in [0.25, 0.3) is 5.82 Å². The predicted octanol–water partition coefficient (Wildman–Crippen LogP) is 3.07. The smallest absolute Gasteiger partial charge is 0.191 e. The van der Waals surface area contributed by atoms with E-state index < -0.39 is 0 Å². The van der Waals surface area contributed by atoms with Crippen LogP contribution in [0.5, 0.6) is 0 Å². The maximum Gasteiger partial charge on any atom is 0.191 e. The van der Waals surface area contributed by atoms with Crippen LogP contribution in [0.15, 0.2) is 35.7 Å². The summed E-state index contributed by atoms with van der Waals surface area (Å²) in [4.78, 5) is 13.0. The van der Waals surface area contributed by atoms with Gasteiger partial charge in [-0.3, -0.25) is 9.56 Å². The number of nitrogens with zero attached hydrogens (tertiary/aromatic N) is 4. The third kappa shape index (κ3) is 8.25. The fourth-order valence-electron chi connectivity index (χ4n) is 2.42. The Morgan fingerprint density at radius 3 is 2.63 bits per heavy atom. The number of pyridine rings is 1. The first-order chi connectivity index (χ1) is 12.7. The van der Waals surface area contributed by atoms with E-state index in [1.165, 1.54) is 6.42 Å². The first-order valence-corrected chi connectivity index (χ1v) is 9.22. The SMILES string of the molecule is CCCCOCCCNC(=NC)NCc1ccc(-n2ccnc2C)nc1.I. The second-order valence-electron chi connectivity index (χ2n) is 6.04. The third-order valence-electron chi connectivity index (χ3n) is 3.97. The van der Waals surface area contributed by atoms with Gasteiger partial charge in [-0.25, -0.2) is 9.97 Å². The van der Waals surface area contributed by atoms with Crippen molar-refractivity contribution < 1.29 is 4.74 Å². The van der Waals surface area contributed by atoms with E-state index in [-0.39, 0.29) is 24.0 Å². The molecule has 7 nitrogen and oxygen atoms in total. The number of guanidine groups is 1. The summed E-state index contributed by atoms with van der Waals surface area (Å²) in [6.07, 6.45) is 8.82. The average Bonchev–Trinajstić information content (AvgIpc) is 3.10. The summed E-state index contributed by atoms with van der Waals surface area (Å²) in [5, 5.41) is 6.60. The highest BCUT2D eigenvalue weighted by atomic mass is 127. The summed E-state index contributed by atoms with van der Waals surface area (Å²) >= 11 is 0. The van der Waals surface area contributed by atoms with Gasteiger partial charge in [0.25, 0.3) is 0 Å². The molecule has 2 aromatic rings. The molecule has 27 heavy (non-hydrogen) atoms. The molecule has 0 aliphatic carbocycles. The number of aryl methyl sites for hydroxylation is 1. The number of halogens is 1. The Kier molecular flexibility index (Phi) is 11.7. The van der Waals surface area contributed by atoms with E-state index in [4.69, 9.17) is 4.74 Å². The molecule has 0 bridgehead atoms. The van der Waals surface area contributed by atoms with E-state index in [0.717, 1.165) is 55.8 Å². The lowest BCUT2D eigenvalue weighted by Gasteiger charge is -2.12. The van der Waals surface area contributed by atoms with Gasteiger partial charge in [0.15, 0.2) is 5.96 Å². The number of hydrogen-bond donors (Lipinski definition) is 2. The van der Waals surface area contributed by atoms with Crippen LogP contribution in [0.4, 0.5) is 0 Å². The number of ether oxygens (including phenoxy) is 1. The first kappa shape index (κ1) is 23.4. The van der Waals surface area contributed by atoms with Gasteiger partial charge in [-0.1, -0.05) is 19.4 Å². The Balaban J connectivity index is 0.00000364. The van der Waals surface area contributed by atoms with Gasteiger partial charge >= 0.3 is 0 Å². The fraction of sp³-hybridized carbons (Fsp3) is 0.526. The minimum Gasteiger partial charge on any atom is -0.381 e. The highest BCUT2D eigenvalue weighted by Crippen LogP contribution is 2.08. The fourth-order valence-corrected chi connectivity index (χ4v) is 2.42. The second-order valence-corrected chi connectivity index (χ2v) is 6.04. The molecule has 0 spiro atoms. The van der Waals surface area contributed by atoms with Gasteiger partial charge in [-0.15, -0.1) is 24.0 Å². The summed E-state index contributed by atoms with van der Waals surface area (Å²) in [6.45, 7) is 7.27. The minimum absolute atomic E-state index is 0. The standard InChI is InChI=1S/C19H30N6O.HI/c1-4-5-12-26-13-6-9-22-19(20-3)24-15-17-7-8-18(23-14-17)25-11-10-21-16(25)2;/h7-8,10-11,14H,4-6,9,12-13,15H2,1-3H3,(H2,20,22,24);1H. The molecule has 0 aliphatic rings. The molecule has 0 unspecified atom stereocenters. The lowest BCUT2D eigenvalue weighted by atomic mass is 10.3. The molecule has 0 saturated heterocycles. The topological polar surface area (TPSA) is 76.4 Å². The monoisotopic (exact) mass is 486 g/mol. The van der Waals surface area contributed by atoms with Crippen molar-refractivity contribution in [3.05, 3.63) is 42.1 Å². The van der Waals surface area contributed by atoms with E-state index in [0.29, 0.717) is 6.54 Å². The van der Waals surface area contributed by atoms with Crippen molar-refractivity contribution in [3.8, 4) is 5.82 Å². The molecular formula is C19H31IN6O. The van der Waals surface area contributed by atoms with Crippen LogP contribution in [0.2, 0.25) is 0 Å². The molecule has 0 aromatic carbocycles. The molecule has 2 aromatic heterocycles. The molecule has 0 fully saturated rings. The van der Waals surface area contributed by atoms with Crippen molar-refractivity contribution in [1.29, 1.82) is 0 Å². The Hall–Kier alpha value is -1.68. The zero-order chi connectivity index (χ0) is 18.6. The number of rotatable bonds is 10. The van der Waals surface area contributed by atoms with Crippen LogP contribution in [0.1, 0.15) is 37.6 Å². The third-order valence-corrected chi connectivity index (χ3v) is 3.97. The Morgan fingerprint density at radius 2 is 2.00 bits per heavy atom. The summed E-state index contributed by atoms with van der Waals surface area (Å²) in [6, 6.07) is 4.05. The van der Waals surface area contributed by atoms with E-state index in [1.54, 1.807) is 13.2 Å². The van der Waals surface area contributed by atoms with Gasteiger partial charge in [0.05, 0.1) is 0 Å². The van der Waals surface area contributed by atoms with Gasteiger partial charge in [0.1, 0.15) is 11.6 Å². The molecule has 0 amide bonds. The van der Waals surface area contributed by atoms with Crippen molar-refractivity contribution in [2.75, 3.05) is 26.8 Å². The number of aliphatic imine (C=N–C) groups is 1. The van der Waals surface area contributed by atoms with Gasteiger partial charge in [-0.2, -0.15) is 0 Å². The number of hydrogen-bond acceptors (Lipinski definition) is 4. The van der Waals surface area contributed by atoms with Crippen LogP contribution in [0, 0.1) is 6.92 Å². The maximum atomic E-state index is 5.55. The van der Waals surface area contributed by atoms with Crippen molar-refractivity contribution in [2.24, 2.45) is 4.99 Å². The van der Waals surface area contributed by atoms with Gasteiger partial charge in [0, 0.05) is 51.9 Å². The minimum atomic E-state index is 0. The number of aromatic nitrogens is 3. The van der Waals surface area contributed by atoms with E-state index in [9.17, 15) is 0 Å². The Morgan fingerprint density at radius 1 is 1.19 bits per heavy atom.